The molecule has 0 aromatic heterocycles. The number of carbonyl (C=O) groups excluding carboxylic acids is 1. The zero-order valence-corrected chi connectivity index (χ0v) is 9.19. The summed E-state index contributed by atoms with van der Waals surface area (Å²) in [5.41, 5.74) is 0. The van der Waals surface area contributed by atoms with E-state index in [0.29, 0.717) is 0 Å². The van der Waals surface area contributed by atoms with E-state index in [9.17, 15) is 25.9 Å². The topological polar surface area (TPSA) is 60.4 Å². The van der Waals surface area contributed by atoms with E-state index in [4.69, 9.17) is 0 Å². The minimum absolute atomic E-state index is 0. The standard InChI is InChI=1S/C2HF3O4S.K.H/c3-1(4)2(6)9-10(5,7)8;;/h1H;;/q;+1;-1. The molecule has 0 spiro atoms. The molecule has 0 amide bonds. The minimum Gasteiger partial charge on any atom is -1.00 e. The molecule has 4 nitrogen and oxygen atoms in total. The van der Waals surface area contributed by atoms with Gasteiger partial charge >= 0.3 is 74.3 Å². The van der Waals surface area contributed by atoms with Gasteiger partial charge in [0.15, 0.2) is 0 Å². The average molecular weight is 218 g/mol. The third-order valence-corrected chi connectivity index (χ3v) is 0.723. The van der Waals surface area contributed by atoms with E-state index >= 15 is 0 Å². The van der Waals surface area contributed by atoms with E-state index < -0.39 is 22.9 Å². The zero-order chi connectivity index (χ0) is 8.36. The van der Waals surface area contributed by atoms with Crippen molar-refractivity contribution in [2.75, 3.05) is 0 Å². The van der Waals surface area contributed by atoms with Gasteiger partial charge in [-0.1, -0.05) is 3.89 Å². The third-order valence-electron chi connectivity index (χ3n) is 0.360. The van der Waals surface area contributed by atoms with Gasteiger partial charge in [-0.15, -0.1) is 0 Å². The SMILES string of the molecule is O=C(OS(=O)(=O)F)C(F)F.[H-].[K+]. The van der Waals surface area contributed by atoms with Crippen molar-refractivity contribution in [2.45, 2.75) is 6.43 Å². The smallest absolute Gasteiger partial charge is 1.00 e. The Balaban J connectivity index is -0.000000405. The number of carbonyl (C=O) groups is 1. The summed E-state index contributed by atoms with van der Waals surface area (Å²) in [5, 5.41) is 0. The van der Waals surface area contributed by atoms with Gasteiger partial charge in [-0.3, -0.25) is 0 Å². The molecule has 0 N–H and O–H groups in total. The van der Waals surface area contributed by atoms with Gasteiger partial charge in [0.25, 0.3) is 0 Å². The van der Waals surface area contributed by atoms with Gasteiger partial charge in [0.2, 0.25) is 0 Å². The maximum Gasteiger partial charge on any atom is 1.00 e. The Labute approximate surface area is 104 Å². The molecule has 0 bridgehead atoms. The van der Waals surface area contributed by atoms with Crippen LogP contribution in [0.1, 0.15) is 1.43 Å². The molecule has 0 saturated heterocycles. The van der Waals surface area contributed by atoms with Crippen LogP contribution in [0, 0.1) is 0 Å². The minimum atomic E-state index is -5.60. The largest absolute Gasteiger partial charge is 1.00 e. The first kappa shape index (κ1) is 14.4. The van der Waals surface area contributed by atoms with Gasteiger partial charge in [-0.2, -0.15) is 17.2 Å². The molecule has 0 aromatic rings. The van der Waals surface area contributed by atoms with Crippen molar-refractivity contribution < 1.29 is 82.9 Å². The predicted molar refractivity (Wildman–Crippen MR) is 23.2 cm³/mol. The molecule has 0 fully saturated rings. The Hall–Kier alpha value is 0.846. The average Bonchev–Trinajstić information content (AvgIpc) is 1.60. The molecular weight excluding hydrogens is 216 g/mol. The van der Waals surface area contributed by atoms with Crippen LogP contribution in [-0.4, -0.2) is 20.8 Å². The van der Waals surface area contributed by atoms with E-state index in [2.05, 4.69) is 4.18 Å². The molecule has 0 radical (unpaired) electrons. The van der Waals surface area contributed by atoms with E-state index in [1.807, 2.05) is 0 Å². The van der Waals surface area contributed by atoms with Gasteiger partial charge in [-0.05, 0) is 0 Å². The summed E-state index contributed by atoms with van der Waals surface area (Å²) in [6.45, 7) is 0. The molecular formula is C2H2F3KO4S. The Kier molecular flexibility index (Phi) is 7.17. The van der Waals surface area contributed by atoms with E-state index in [1.54, 1.807) is 0 Å². The normalized spacial score (nSPS) is 10.5. The van der Waals surface area contributed by atoms with Gasteiger partial charge in [0, 0.05) is 0 Å². The molecule has 11 heavy (non-hydrogen) atoms. The maximum atomic E-state index is 11.2. The van der Waals surface area contributed by atoms with Crippen molar-refractivity contribution in [3.8, 4) is 0 Å². The van der Waals surface area contributed by atoms with Crippen molar-refractivity contribution in [2.24, 2.45) is 0 Å². The van der Waals surface area contributed by atoms with Crippen LogP contribution in [0.3, 0.4) is 0 Å². The van der Waals surface area contributed by atoms with Crippen LogP contribution in [0.15, 0.2) is 0 Å². The molecule has 0 aliphatic rings. The van der Waals surface area contributed by atoms with Crippen molar-refractivity contribution in [3.63, 3.8) is 0 Å². The van der Waals surface area contributed by atoms with Crippen LogP contribution >= 0.6 is 0 Å². The second-order valence-corrected chi connectivity index (χ2v) is 2.05. The zero-order valence-electron chi connectivity index (χ0n) is 6.25. The molecule has 9 heteroatoms. The van der Waals surface area contributed by atoms with Crippen molar-refractivity contribution >= 4 is 16.5 Å². The van der Waals surface area contributed by atoms with Crippen LogP contribution < -0.4 is 51.4 Å². The number of halogens is 3. The molecule has 0 aliphatic heterocycles. The Morgan fingerprint density at radius 1 is 1.45 bits per heavy atom. The first-order chi connectivity index (χ1) is 4.33. The fourth-order valence-electron chi connectivity index (χ4n) is 0.134. The molecule has 0 aromatic carbocycles. The second-order valence-electron chi connectivity index (χ2n) is 1.10. The van der Waals surface area contributed by atoms with Crippen LogP contribution in [-0.2, 0) is 19.5 Å². The van der Waals surface area contributed by atoms with Gasteiger partial charge in [0.05, 0.1) is 0 Å². The predicted octanol–water partition coefficient (Wildman–Crippen LogP) is -2.87. The summed E-state index contributed by atoms with van der Waals surface area (Å²) in [5.74, 6) is -2.43. The summed E-state index contributed by atoms with van der Waals surface area (Å²) in [7, 11) is -5.60. The molecule has 0 heterocycles. The summed E-state index contributed by atoms with van der Waals surface area (Å²) in [4.78, 5) is 9.57. The van der Waals surface area contributed by atoms with Gasteiger partial charge in [0.1, 0.15) is 0 Å². The van der Waals surface area contributed by atoms with Crippen LogP contribution in [0.4, 0.5) is 12.7 Å². The molecule has 0 saturated carbocycles. The maximum absolute atomic E-state index is 11.2. The van der Waals surface area contributed by atoms with Crippen molar-refractivity contribution in [3.05, 3.63) is 0 Å². The summed E-state index contributed by atoms with van der Waals surface area (Å²) in [6.07, 6.45) is -3.65. The number of alkyl halides is 2. The summed E-state index contributed by atoms with van der Waals surface area (Å²) < 4.78 is 54.5. The fourth-order valence-corrected chi connectivity index (χ4v) is 0.403. The second kappa shape index (κ2) is 5.48. The van der Waals surface area contributed by atoms with Crippen LogP contribution in [0.2, 0.25) is 0 Å². The molecule has 0 aliphatic carbocycles. The van der Waals surface area contributed by atoms with E-state index in [0.717, 1.165) is 0 Å². The van der Waals surface area contributed by atoms with E-state index in [1.165, 1.54) is 0 Å². The molecule has 0 atom stereocenters. The summed E-state index contributed by atoms with van der Waals surface area (Å²) >= 11 is 0. The Bertz CT molecular complexity index is 228. The van der Waals surface area contributed by atoms with Gasteiger partial charge < -0.3 is 5.61 Å². The van der Waals surface area contributed by atoms with E-state index in [-0.39, 0.29) is 52.8 Å². The fraction of sp³-hybridized carbons (Fsp3) is 0.500. The molecule has 0 unspecified atom stereocenters. The van der Waals surface area contributed by atoms with Crippen LogP contribution in [0.5, 0.6) is 0 Å². The van der Waals surface area contributed by atoms with Crippen molar-refractivity contribution in [1.29, 1.82) is 0 Å². The van der Waals surface area contributed by atoms with Crippen LogP contribution in [0.25, 0.3) is 0 Å². The first-order valence-corrected chi connectivity index (χ1v) is 3.10. The number of hydrogen-bond acceptors (Lipinski definition) is 4. The first-order valence-electron chi connectivity index (χ1n) is 1.79. The summed E-state index contributed by atoms with van der Waals surface area (Å²) in [6, 6.07) is 0. The molecule has 0 rings (SSSR count). The monoisotopic (exact) mass is 218 g/mol. The number of rotatable bonds is 2. The quantitative estimate of drug-likeness (QED) is 0.369. The molecule has 62 valence electrons. The Morgan fingerprint density at radius 2 is 1.82 bits per heavy atom. The van der Waals surface area contributed by atoms with Gasteiger partial charge in [-0.25, -0.2) is 4.79 Å². The third kappa shape index (κ3) is 8.76. The van der Waals surface area contributed by atoms with Crippen molar-refractivity contribution in [1.82, 2.24) is 0 Å². The Morgan fingerprint density at radius 3 is 1.91 bits per heavy atom. The number of hydrogen-bond donors (Lipinski definition) is 0.